The van der Waals surface area contributed by atoms with Crippen LogP contribution < -0.4 is 15.2 Å². The van der Waals surface area contributed by atoms with Gasteiger partial charge in [0.1, 0.15) is 10.6 Å². The summed E-state index contributed by atoms with van der Waals surface area (Å²) in [5.74, 6) is 0.258. The molecule has 0 fully saturated rings. The fraction of sp³-hybridized carbons (Fsp3) is 0.538. The topological polar surface area (TPSA) is 81.4 Å². The van der Waals surface area contributed by atoms with Gasteiger partial charge in [0, 0.05) is 15.7 Å². The van der Waals surface area contributed by atoms with E-state index < -0.39 is 15.6 Å². The first-order chi connectivity index (χ1) is 9.19. The minimum Gasteiger partial charge on any atom is -0.495 e. The molecule has 20 heavy (non-hydrogen) atoms. The lowest BCUT2D eigenvalue weighted by molar-refractivity contribution is 0.382. The summed E-state index contributed by atoms with van der Waals surface area (Å²) in [6.45, 7) is 5.76. The van der Waals surface area contributed by atoms with E-state index in [4.69, 9.17) is 10.5 Å². The second kappa shape index (κ2) is 6.32. The van der Waals surface area contributed by atoms with E-state index in [0.29, 0.717) is 23.0 Å². The zero-order valence-corrected chi connectivity index (χ0v) is 14.6. The highest BCUT2D eigenvalue weighted by Crippen LogP contribution is 2.33. The Morgan fingerprint density at radius 1 is 1.35 bits per heavy atom. The van der Waals surface area contributed by atoms with Gasteiger partial charge in [0.2, 0.25) is 10.0 Å². The van der Waals surface area contributed by atoms with Crippen molar-refractivity contribution < 1.29 is 13.2 Å². The highest BCUT2D eigenvalue weighted by Gasteiger charge is 2.30. The number of ether oxygens (including phenoxy) is 1. The van der Waals surface area contributed by atoms with Crippen LogP contribution in [0.1, 0.15) is 33.6 Å². The van der Waals surface area contributed by atoms with Gasteiger partial charge in [-0.3, -0.25) is 0 Å². The molecule has 0 saturated heterocycles. The number of rotatable bonds is 6. The lowest BCUT2D eigenvalue weighted by Gasteiger charge is -2.28. The molecule has 3 N–H and O–H groups in total. The maximum absolute atomic E-state index is 12.5. The highest BCUT2D eigenvalue weighted by atomic mass is 79.9. The SMILES string of the molecule is CCC(C)(CC)NS(=O)(=O)c1cc(N)c(Br)cc1OC. The van der Waals surface area contributed by atoms with E-state index in [0.717, 1.165) is 0 Å². The summed E-state index contributed by atoms with van der Waals surface area (Å²) in [4.78, 5) is 0.0498. The van der Waals surface area contributed by atoms with Crippen molar-refractivity contribution >= 4 is 31.6 Å². The van der Waals surface area contributed by atoms with Crippen molar-refractivity contribution in [2.24, 2.45) is 0 Å². The van der Waals surface area contributed by atoms with Crippen molar-refractivity contribution in [3.05, 3.63) is 16.6 Å². The van der Waals surface area contributed by atoms with Crippen molar-refractivity contribution in [1.82, 2.24) is 4.72 Å². The number of hydrogen-bond acceptors (Lipinski definition) is 4. The summed E-state index contributed by atoms with van der Waals surface area (Å²) in [7, 11) is -2.27. The van der Waals surface area contributed by atoms with Crippen LogP contribution in [0, 0.1) is 0 Å². The molecule has 114 valence electrons. The summed E-state index contributed by atoms with van der Waals surface area (Å²) < 4.78 is 33.6. The molecule has 0 aliphatic carbocycles. The van der Waals surface area contributed by atoms with Crippen molar-refractivity contribution in [2.75, 3.05) is 12.8 Å². The van der Waals surface area contributed by atoms with E-state index in [9.17, 15) is 8.42 Å². The second-order valence-corrected chi connectivity index (χ2v) is 7.40. The van der Waals surface area contributed by atoms with Gasteiger partial charge in [0.05, 0.1) is 7.11 Å². The second-order valence-electron chi connectivity index (χ2n) is 4.90. The Hall–Kier alpha value is -0.790. The Labute approximate surface area is 129 Å². The van der Waals surface area contributed by atoms with Crippen molar-refractivity contribution in [1.29, 1.82) is 0 Å². The van der Waals surface area contributed by atoms with E-state index in [1.54, 1.807) is 6.07 Å². The molecule has 0 aromatic heterocycles. The summed E-state index contributed by atoms with van der Waals surface area (Å²) in [5.41, 5.74) is 5.63. The third-order valence-electron chi connectivity index (χ3n) is 3.51. The van der Waals surface area contributed by atoms with Gasteiger partial charge in [0.15, 0.2) is 0 Å². The van der Waals surface area contributed by atoms with Crippen LogP contribution in [0.5, 0.6) is 5.75 Å². The first kappa shape index (κ1) is 17.3. The van der Waals surface area contributed by atoms with Crippen molar-refractivity contribution in [3.63, 3.8) is 0 Å². The minimum absolute atomic E-state index is 0.0498. The van der Waals surface area contributed by atoms with Gasteiger partial charge in [-0.25, -0.2) is 13.1 Å². The fourth-order valence-electron chi connectivity index (χ4n) is 1.69. The lowest BCUT2D eigenvalue weighted by Crippen LogP contribution is -2.44. The van der Waals surface area contributed by atoms with E-state index in [-0.39, 0.29) is 10.6 Å². The number of sulfonamides is 1. The van der Waals surface area contributed by atoms with Crippen LogP contribution in [0.4, 0.5) is 5.69 Å². The number of anilines is 1. The largest absolute Gasteiger partial charge is 0.495 e. The van der Waals surface area contributed by atoms with Gasteiger partial charge in [-0.05, 0) is 47.8 Å². The molecule has 0 spiro atoms. The van der Waals surface area contributed by atoms with Gasteiger partial charge in [-0.15, -0.1) is 0 Å². The number of benzene rings is 1. The molecular formula is C13H21BrN2O3S. The average molecular weight is 365 g/mol. The van der Waals surface area contributed by atoms with Crippen LogP contribution in [-0.4, -0.2) is 21.1 Å². The first-order valence-corrected chi connectivity index (χ1v) is 8.63. The van der Waals surface area contributed by atoms with E-state index in [2.05, 4.69) is 20.7 Å². The molecule has 1 rings (SSSR count). The molecule has 0 saturated carbocycles. The van der Waals surface area contributed by atoms with Crippen molar-refractivity contribution in [2.45, 2.75) is 44.0 Å². The van der Waals surface area contributed by atoms with Gasteiger partial charge in [0.25, 0.3) is 0 Å². The third-order valence-corrected chi connectivity index (χ3v) is 5.86. The highest BCUT2D eigenvalue weighted by molar-refractivity contribution is 9.10. The Kier molecular flexibility index (Phi) is 5.46. The molecule has 0 aliphatic rings. The Morgan fingerprint density at radius 3 is 2.35 bits per heavy atom. The van der Waals surface area contributed by atoms with Crippen LogP contribution >= 0.6 is 15.9 Å². The van der Waals surface area contributed by atoms with Crippen molar-refractivity contribution in [3.8, 4) is 5.75 Å². The molecule has 1 aromatic carbocycles. The van der Waals surface area contributed by atoms with Crippen LogP contribution in [0.2, 0.25) is 0 Å². The molecule has 0 atom stereocenters. The quantitative estimate of drug-likeness (QED) is 0.760. The molecule has 0 radical (unpaired) electrons. The number of nitrogen functional groups attached to an aromatic ring is 1. The number of halogens is 1. The van der Waals surface area contributed by atoms with Crippen LogP contribution in [0.25, 0.3) is 0 Å². The summed E-state index contributed by atoms with van der Waals surface area (Å²) in [6.07, 6.45) is 1.38. The standard InChI is InChI=1S/C13H21BrN2O3S/c1-5-13(3,6-2)16-20(17,18)12-8-10(15)9(14)7-11(12)19-4/h7-8,16H,5-6,15H2,1-4H3. The van der Waals surface area contributed by atoms with Crippen LogP contribution in [-0.2, 0) is 10.0 Å². The number of methoxy groups -OCH3 is 1. The third kappa shape index (κ3) is 3.65. The number of nitrogens with one attached hydrogen (secondary N) is 1. The summed E-state index contributed by atoms with van der Waals surface area (Å²) >= 11 is 3.26. The van der Waals surface area contributed by atoms with E-state index >= 15 is 0 Å². The maximum Gasteiger partial charge on any atom is 0.244 e. The van der Waals surface area contributed by atoms with Gasteiger partial charge >= 0.3 is 0 Å². The fourth-order valence-corrected chi connectivity index (χ4v) is 3.75. The average Bonchev–Trinajstić information content (AvgIpc) is 2.40. The van der Waals surface area contributed by atoms with Gasteiger partial charge in [-0.1, -0.05) is 13.8 Å². The number of nitrogens with two attached hydrogens (primary N) is 1. The zero-order valence-electron chi connectivity index (χ0n) is 12.2. The Balaban J connectivity index is 3.32. The molecule has 1 aromatic rings. The van der Waals surface area contributed by atoms with E-state index in [1.807, 2.05) is 20.8 Å². The first-order valence-electron chi connectivity index (χ1n) is 6.36. The van der Waals surface area contributed by atoms with E-state index in [1.165, 1.54) is 13.2 Å². The van der Waals surface area contributed by atoms with Crippen LogP contribution in [0.15, 0.2) is 21.5 Å². The molecule has 0 heterocycles. The molecule has 7 heteroatoms. The summed E-state index contributed by atoms with van der Waals surface area (Å²) in [5, 5.41) is 0. The monoisotopic (exact) mass is 364 g/mol. The Morgan fingerprint density at radius 2 is 1.90 bits per heavy atom. The minimum atomic E-state index is -3.70. The molecule has 0 amide bonds. The van der Waals surface area contributed by atoms with Gasteiger partial charge < -0.3 is 10.5 Å². The maximum atomic E-state index is 12.5. The van der Waals surface area contributed by atoms with Crippen LogP contribution in [0.3, 0.4) is 0 Å². The smallest absolute Gasteiger partial charge is 0.244 e. The lowest BCUT2D eigenvalue weighted by atomic mass is 9.98. The summed E-state index contributed by atoms with van der Waals surface area (Å²) in [6, 6.07) is 2.95. The number of hydrogen-bond donors (Lipinski definition) is 2. The molecule has 0 aliphatic heterocycles. The molecular weight excluding hydrogens is 344 g/mol. The molecule has 5 nitrogen and oxygen atoms in total. The molecule has 0 unspecified atom stereocenters. The normalized spacial score (nSPS) is 12.4. The predicted octanol–water partition coefficient (Wildman–Crippen LogP) is 2.90. The van der Waals surface area contributed by atoms with Gasteiger partial charge in [-0.2, -0.15) is 0 Å². The Bertz CT molecular complexity index is 584. The molecule has 0 bridgehead atoms. The zero-order chi connectivity index (χ0) is 15.6. The predicted molar refractivity (Wildman–Crippen MR) is 84.4 cm³/mol.